The second-order valence-corrected chi connectivity index (χ2v) is 11.4. The third-order valence-electron chi connectivity index (χ3n) is 8.62. The third kappa shape index (κ3) is 5.43. The number of nitrogens with two attached hydrogens (primary N) is 1. The lowest BCUT2D eigenvalue weighted by Crippen LogP contribution is -2.53. The van der Waals surface area contributed by atoms with Crippen LogP contribution in [0.25, 0.3) is 0 Å². The van der Waals surface area contributed by atoms with Crippen LogP contribution >= 0.6 is 0 Å². The number of nitrogens with zero attached hydrogens (tertiary/aromatic N) is 2. The molecule has 4 atom stereocenters. The molecule has 3 N–H and O–H groups in total. The molecule has 0 saturated heterocycles. The van der Waals surface area contributed by atoms with Crippen LogP contribution in [0.1, 0.15) is 76.0 Å². The molecule has 0 fully saturated rings. The summed E-state index contributed by atoms with van der Waals surface area (Å²) in [6.07, 6.45) is 6.69. The highest BCUT2D eigenvalue weighted by atomic mass is 19.3. The number of benzene rings is 1. The van der Waals surface area contributed by atoms with Crippen LogP contribution in [0.4, 0.5) is 8.78 Å². The van der Waals surface area contributed by atoms with E-state index in [0.29, 0.717) is 31.4 Å². The molecule has 1 aliphatic carbocycles. The number of carbonyl (C=O) groups is 2. The van der Waals surface area contributed by atoms with Crippen LogP contribution in [0.15, 0.2) is 58.6 Å². The molecule has 40 heavy (non-hydrogen) atoms. The predicted octanol–water partition coefficient (Wildman–Crippen LogP) is 5.13. The summed E-state index contributed by atoms with van der Waals surface area (Å²) in [5.41, 5.74) is 8.69. The molecule has 4 heterocycles. The fraction of sp³-hybridized carbons (Fsp3) is 0.516. The molecule has 7 nitrogen and oxygen atoms in total. The number of ether oxygens (including phenoxy) is 1. The number of aryl methyl sites for hydroxylation is 1. The molecule has 0 aromatic heterocycles. The van der Waals surface area contributed by atoms with Crippen LogP contribution in [0.5, 0.6) is 5.75 Å². The minimum Gasteiger partial charge on any atom is -0.493 e. The van der Waals surface area contributed by atoms with Gasteiger partial charge in [-0.2, -0.15) is 0 Å². The van der Waals surface area contributed by atoms with Crippen molar-refractivity contribution in [1.82, 2.24) is 10.2 Å². The van der Waals surface area contributed by atoms with Gasteiger partial charge >= 0.3 is 0 Å². The Kier molecular flexibility index (Phi) is 7.84. The van der Waals surface area contributed by atoms with Crippen LogP contribution in [0, 0.1) is 5.92 Å². The Bertz CT molecular complexity index is 1300. The van der Waals surface area contributed by atoms with Gasteiger partial charge in [-0.25, -0.2) is 13.8 Å². The maximum absolute atomic E-state index is 15.6. The number of rotatable bonds is 2. The average Bonchev–Trinajstić information content (AvgIpc) is 3.18. The number of allylic oxidation sites excluding steroid dienone is 2. The van der Waals surface area contributed by atoms with E-state index in [-0.39, 0.29) is 47.4 Å². The zero-order valence-electron chi connectivity index (χ0n) is 23.2. The van der Waals surface area contributed by atoms with E-state index in [9.17, 15) is 9.59 Å². The van der Waals surface area contributed by atoms with Crippen molar-refractivity contribution in [2.24, 2.45) is 16.6 Å². The van der Waals surface area contributed by atoms with Gasteiger partial charge in [-0.15, -0.1) is 0 Å². The van der Waals surface area contributed by atoms with Crippen LogP contribution < -0.4 is 15.8 Å². The topological polar surface area (TPSA) is 97.0 Å². The Balaban J connectivity index is 1.54. The highest BCUT2D eigenvalue weighted by molar-refractivity contribution is 5.99. The molecule has 6 bridgehead atoms. The number of alkyl halides is 2. The van der Waals surface area contributed by atoms with E-state index < -0.39 is 24.3 Å². The summed E-state index contributed by atoms with van der Waals surface area (Å²) in [5, 5.41) is 3.02. The minimum atomic E-state index is -3.21. The molecule has 4 unspecified atom stereocenters. The molecule has 9 heteroatoms. The number of fused-ring (bicyclic) bond motifs is 7. The largest absolute Gasteiger partial charge is 0.493 e. The van der Waals surface area contributed by atoms with Gasteiger partial charge in [-0.3, -0.25) is 14.5 Å². The van der Waals surface area contributed by atoms with Crippen molar-refractivity contribution in [2.75, 3.05) is 6.61 Å². The van der Waals surface area contributed by atoms with Crippen molar-refractivity contribution in [1.29, 1.82) is 0 Å². The number of hydrogen-bond donors (Lipinski definition) is 2. The van der Waals surface area contributed by atoms with E-state index in [1.54, 1.807) is 0 Å². The quantitative estimate of drug-likeness (QED) is 0.497. The van der Waals surface area contributed by atoms with Crippen LogP contribution in [-0.2, 0) is 16.0 Å². The Morgan fingerprint density at radius 1 is 1.25 bits per heavy atom. The number of guanidine groups is 1. The van der Waals surface area contributed by atoms with E-state index >= 15 is 8.78 Å². The molecule has 214 valence electrons. The summed E-state index contributed by atoms with van der Waals surface area (Å²) in [7, 11) is 0. The van der Waals surface area contributed by atoms with E-state index in [4.69, 9.17) is 10.5 Å². The summed E-state index contributed by atoms with van der Waals surface area (Å²) in [6.45, 7) is 8.14. The molecule has 6 rings (SSSR count). The zero-order chi connectivity index (χ0) is 28.6. The summed E-state index contributed by atoms with van der Waals surface area (Å²) in [5.74, 6) is -3.40. The van der Waals surface area contributed by atoms with E-state index in [2.05, 4.69) is 23.0 Å². The average molecular weight is 553 g/mol. The minimum absolute atomic E-state index is 0.00648. The van der Waals surface area contributed by atoms with E-state index in [1.807, 2.05) is 26.0 Å². The Morgan fingerprint density at radius 3 is 2.80 bits per heavy atom. The maximum Gasteiger partial charge on any atom is 0.275 e. The van der Waals surface area contributed by atoms with Gasteiger partial charge in [-0.05, 0) is 54.9 Å². The van der Waals surface area contributed by atoms with Gasteiger partial charge < -0.3 is 15.8 Å². The second-order valence-electron chi connectivity index (χ2n) is 11.4. The van der Waals surface area contributed by atoms with Gasteiger partial charge in [0.25, 0.3) is 11.8 Å². The molecule has 0 radical (unpaired) electrons. The number of amides is 2. The molecule has 2 amide bonds. The van der Waals surface area contributed by atoms with Crippen molar-refractivity contribution >= 4 is 17.8 Å². The van der Waals surface area contributed by atoms with Gasteiger partial charge in [0.1, 0.15) is 5.75 Å². The van der Waals surface area contributed by atoms with E-state index in [1.165, 1.54) is 17.1 Å². The number of halogens is 2. The molecule has 0 spiro atoms. The first-order valence-corrected chi connectivity index (χ1v) is 14.3. The summed E-state index contributed by atoms with van der Waals surface area (Å²) >= 11 is 0. The standard InChI is InChI=1S/C31H38F2N4O3/c1-4-18(2)28-23-11-9-19(3)29(39)36-24-13-14-40-26-12-10-20(15-22(24)26)7-5-6-8-21-16-27(38)37(30(34)35-21)25(28)17-31(23,32)33/h9-12,15,18,21,24-25H,3-8,13-14,16-17H2,1-2H3,(H2,34,35)(H,36,39)/b11-9-. The number of nitrogens with one attached hydrogen (secondary N) is 1. The highest BCUT2D eigenvalue weighted by Gasteiger charge is 2.51. The third-order valence-corrected chi connectivity index (χ3v) is 8.62. The van der Waals surface area contributed by atoms with Crippen LogP contribution in [0.2, 0.25) is 0 Å². The van der Waals surface area contributed by atoms with Crippen molar-refractivity contribution in [3.63, 3.8) is 0 Å². The van der Waals surface area contributed by atoms with Gasteiger partial charge in [0.2, 0.25) is 5.91 Å². The van der Waals surface area contributed by atoms with Crippen molar-refractivity contribution in [2.45, 2.75) is 89.3 Å². The Labute approximate surface area is 234 Å². The lowest BCUT2D eigenvalue weighted by Gasteiger charge is -2.36. The molecule has 1 aromatic carbocycles. The fourth-order valence-electron chi connectivity index (χ4n) is 6.31. The SMILES string of the molecule is C=C1/C=C\C2=C(C(C)CC)C(CC2(F)F)N2C(=O)CC(CCCCc3ccc4c(c3)C(CCO4)NC1=O)N=C2N. The smallest absolute Gasteiger partial charge is 0.275 e. The van der Waals surface area contributed by atoms with Gasteiger partial charge in [0, 0.05) is 36.0 Å². The summed E-state index contributed by atoms with van der Waals surface area (Å²) < 4.78 is 37.0. The van der Waals surface area contributed by atoms with Crippen molar-refractivity contribution in [3.8, 4) is 5.75 Å². The number of aliphatic imine (C=N–C) groups is 1. The Hall–Kier alpha value is -3.49. The monoisotopic (exact) mass is 552 g/mol. The van der Waals surface area contributed by atoms with Gasteiger partial charge in [0.15, 0.2) is 5.96 Å². The molecule has 0 saturated carbocycles. The second kappa shape index (κ2) is 11.2. The fourth-order valence-corrected chi connectivity index (χ4v) is 6.31. The maximum atomic E-state index is 15.6. The van der Waals surface area contributed by atoms with Gasteiger partial charge in [-0.1, -0.05) is 45.1 Å². The van der Waals surface area contributed by atoms with Crippen LogP contribution in [0.3, 0.4) is 0 Å². The normalized spacial score (nSPS) is 28.5. The molecule has 4 aliphatic heterocycles. The number of hydrogen-bond acceptors (Lipinski definition) is 5. The molecule has 1 aromatic rings. The summed E-state index contributed by atoms with van der Waals surface area (Å²) in [4.78, 5) is 32.3. The van der Waals surface area contributed by atoms with E-state index in [0.717, 1.165) is 36.1 Å². The van der Waals surface area contributed by atoms with Crippen LogP contribution in [-0.4, -0.2) is 47.3 Å². The first kappa shape index (κ1) is 28.1. The summed E-state index contributed by atoms with van der Waals surface area (Å²) in [6, 6.07) is 4.63. The van der Waals surface area contributed by atoms with Gasteiger partial charge in [0.05, 0.1) is 24.7 Å². The van der Waals surface area contributed by atoms with Crippen molar-refractivity contribution in [3.05, 3.63) is 64.8 Å². The van der Waals surface area contributed by atoms with Crippen molar-refractivity contribution < 1.29 is 23.1 Å². The first-order chi connectivity index (χ1) is 19.1. The predicted molar refractivity (Wildman–Crippen MR) is 150 cm³/mol. The lowest BCUT2D eigenvalue weighted by atomic mass is 9.90. The lowest BCUT2D eigenvalue weighted by molar-refractivity contribution is -0.130. The molecular formula is C31H38F2N4O3. The molecular weight excluding hydrogens is 514 g/mol. The number of carbonyl (C=O) groups excluding carboxylic acids is 2. The highest BCUT2D eigenvalue weighted by Crippen LogP contribution is 2.47. The first-order valence-electron chi connectivity index (χ1n) is 14.3. The molecule has 5 aliphatic rings. The zero-order valence-corrected chi connectivity index (χ0v) is 23.2. The Morgan fingerprint density at radius 2 is 2.05 bits per heavy atom.